The van der Waals surface area contributed by atoms with Gasteiger partial charge in [0.1, 0.15) is 18.2 Å². The largest absolute Gasteiger partial charge is 0.488 e. The molecule has 0 saturated carbocycles. The minimum atomic E-state index is -0.489. The molecule has 0 radical (unpaired) electrons. The summed E-state index contributed by atoms with van der Waals surface area (Å²) in [5.41, 5.74) is 1.97. The molecule has 0 aliphatic carbocycles. The molecule has 3 aromatic rings. The fourth-order valence-electron chi connectivity index (χ4n) is 3.13. The van der Waals surface area contributed by atoms with Crippen molar-refractivity contribution in [3.05, 3.63) is 102 Å². The molecule has 34 heavy (non-hydrogen) atoms. The quantitative estimate of drug-likeness (QED) is 0.267. The number of hydrogen-bond donors (Lipinski definition) is 0. The number of imide groups is 1. The van der Waals surface area contributed by atoms with Crippen LogP contribution in [0.25, 0.3) is 6.08 Å². The summed E-state index contributed by atoms with van der Waals surface area (Å²) in [5, 5.41) is 0.792. The van der Waals surface area contributed by atoms with Crippen LogP contribution in [0.15, 0.2) is 64.0 Å². The van der Waals surface area contributed by atoms with Crippen LogP contribution in [0.5, 0.6) is 5.75 Å². The molecule has 2 amide bonds. The summed E-state index contributed by atoms with van der Waals surface area (Å²) >= 11 is 22.5. The molecule has 174 valence electrons. The van der Waals surface area contributed by atoms with Crippen LogP contribution in [-0.4, -0.2) is 16.0 Å². The standard InChI is InChI=1S/C24H14BrCl3FNO3S/c25-18-7-13(1-6-21(18)33-12-15-2-4-16(26)9-19(15)27)8-22-23(31)30(24(32)34-22)11-14-3-5-17(29)10-20(14)28/h1-10H,11-12H2/b22-8-. The van der Waals surface area contributed by atoms with Crippen molar-refractivity contribution in [1.82, 2.24) is 4.90 Å². The van der Waals surface area contributed by atoms with Gasteiger partial charge in [0.2, 0.25) is 0 Å². The van der Waals surface area contributed by atoms with Crippen LogP contribution in [0.4, 0.5) is 9.18 Å². The summed E-state index contributed by atoms with van der Waals surface area (Å²) in [6.07, 6.45) is 1.63. The molecule has 1 saturated heterocycles. The molecule has 1 aliphatic heterocycles. The number of halogens is 5. The Morgan fingerprint density at radius 2 is 1.71 bits per heavy atom. The highest BCUT2D eigenvalue weighted by molar-refractivity contribution is 9.10. The summed E-state index contributed by atoms with van der Waals surface area (Å²) in [4.78, 5) is 26.6. The van der Waals surface area contributed by atoms with Gasteiger partial charge in [-0.15, -0.1) is 0 Å². The maximum Gasteiger partial charge on any atom is 0.293 e. The van der Waals surface area contributed by atoms with Gasteiger partial charge in [0, 0.05) is 20.6 Å². The number of rotatable bonds is 6. The molecule has 3 aromatic carbocycles. The number of carbonyl (C=O) groups is 2. The maximum atomic E-state index is 13.3. The van der Waals surface area contributed by atoms with Crippen molar-refractivity contribution < 1.29 is 18.7 Å². The number of thioether (sulfide) groups is 1. The van der Waals surface area contributed by atoms with Crippen molar-refractivity contribution in [3.63, 3.8) is 0 Å². The number of nitrogens with zero attached hydrogens (tertiary/aromatic N) is 1. The number of benzene rings is 3. The van der Waals surface area contributed by atoms with Gasteiger partial charge in [-0.05, 0) is 81.3 Å². The van der Waals surface area contributed by atoms with Gasteiger partial charge in [0.05, 0.1) is 15.9 Å². The molecule has 1 heterocycles. The van der Waals surface area contributed by atoms with Gasteiger partial charge >= 0.3 is 0 Å². The number of carbonyl (C=O) groups excluding carboxylic acids is 2. The zero-order valence-electron chi connectivity index (χ0n) is 17.2. The van der Waals surface area contributed by atoms with E-state index in [1.807, 2.05) is 0 Å². The zero-order valence-corrected chi connectivity index (χ0v) is 21.8. The lowest BCUT2D eigenvalue weighted by molar-refractivity contribution is -0.123. The normalized spacial score (nSPS) is 14.9. The molecule has 0 bridgehead atoms. The fourth-order valence-corrected chi connectivity index (χ4v) is 5.17. The van der Waals surface area contributed by atoms with Crippen molar-refractivity contribution in [1.29, 1.82) is 0 Å². The maximum absolute atomic E-state index is 13.3. The molecular weight excluding hydrogens is 588 g/mol. The van der Waals surface area contributed by atoms with E-state index in [4.69, 9.17) is 39.5 Å². The van der Waals surface area contributed by atoms with Crippen molar-refractivity contribution in [2.75, 3.05) is 0 Å². The van der Waals surface area contributed by atoms with Gasteiger partial charge in [0.25, 0.3) is 11.1 Å². The third kappa shape index (κ3) is 5.78. The van der Waals surface area contributed by atoms with Gasteiger partial charge in [0.15, 0.2) is 0 Å². The first-order valence-corrected chi connectivity index (χ1v) is 12.5. The van der Waals surface area contributed by atoms with Crippen LogP contribution < -0.4 is 4.74 Å². The van der Waals surface area contributed by atoms with Gasteiger partial charge in [-0.2, -0.15) is 0 Å². The fraction of sp³-hybridized carbons (Fsp3) is 0.0833. The van der Waals surface area contributed by atoms with Crippen molar-refractivity contribution >= 4 is 79.7 Å². The number of amides is 2. The van der Waals surface area contributed by atoms with Crippen LogP contribution in [0.1, 0.15) is 16.7 Å². The van der Waals surface area contributed by atoms with E-state index >= 15 is 0 Å². The van der Waals surface area contributed by atoms with Gasteiger partial charge in [-0.25, -0.2) is 4.39 Å². The SMILES string of the molecule is O=C1S/C(=C\c2ccc(OCc3ccc(Cl)cc3Cl)c(Br)c2)C(=O)N1Cc1ccc(F)cc1Cl. The zero-order chi connectivity index (χ0) is 24.4. The summed E-state index contributed by atoms with van der Waals surface area (Å²) in [7, 11) is 0. The lowest BCUT2D eigenvalue weighted by atomic mass is 10.2. The van der Waals surface area contributed by atoms with Crippen LogP contribution in [0.2, 0.25) is 15.1 Å². The average molecular weight is 602 g/mol. The summed E-state index contributed by atoms with van der Waals surface area (Å²) in [6.45, 7) is 0.212. The molecule has 0 unspecified atom stereocenters. The third-order valence-corrected chi connectivity index (χ3v) is 7.34. The third-order valence-electron chi connectivity index (χ3n) is 4.87. The second-order valence-electron chi connectivity index (χ2n) is 7.22. The molecule has 0 spiro atoms. The van der Waals surface area contributed by atoms with Gasteiger partial charge in [-0.3, -0.25) is 14.5 Å². The predicted molar refractivity (Wildman–Crippen MR) is 138 cm³/mol. The van der Waals surface area contributed by atoms with Crippen molar-refractivity contribution in [2.24, 2.45) is 0 Å². The first-order valence-electron chi connectivity index (χ1n) is 9.77. The molecule has 0 aromatic heterocycles. The van der Waals surface area contributed by atoms with E-state index in [1.54, 1.807) is 42.5 Å². The molecule has 1 fully saturated rings. The van der Waals surface area contributed by atoms with Crippen LogP contribution in [0.3, 0.4) is 0 Å². The van der Waals surface area contributed by atoms with Crippen LogP contribution >= 0.6 is 62.5 Å². The van der Waals surface area contributed by atoms with E-state index in [1.165, 1.54) is 12.1 Å². The van der Waals surface area contributed by atoms with E-state index in [9.17, 15) is 14.0 Å². The van der Waals surface area contributed by atoms with Crippen LogP contribution in [-0.2, 0) is 17.9 Å². The van der Waals surface area contributed by atoms with Crippen molar-refractivity contribution in [2.45, 2.75) is 13.2 Å². The summed E-state index contributed by atoms with van der Waals surface area (Å²) in [5.74, 6) is -0.344. The lowest BCUT2D eigenvalue weighted by Crippen LogP contribution is -2.27. The molecule has 0 atom stereocenters. The van der Waals surface area contributed by atoms with Crippen LogP contribution in [0, 0.1) is 5.82 Å². The summed E-state index contributed by atoms with van der Waals surface area (Å²) < 4.78 is 19.8. The molecule has 1 aliphatic rings. The van der Waals surface area contributed by atoms with Gasteiger partial charge in [-0.1, -0.05) is 53.0 Å². The Morgan fingerprint density at radius 3 is 2.41 bits per heavy atom. The van der Waals surface area contributed by atoms with E-state index < -0.39 is 17.0 Å². The second kappa shape index (κ2) is 10.7. The van der Waals surface area contributed by atoms with E-state index in [2.05, 4.69) is 15.9 Å². The predicted octanol–water partition coefficient (Wildman–Crippen LogP) is 8.36. The van der Waals surface area contributed by atoms with Crippen molar-refractivity contribution in [3.8, 4) is 5.75 Å². The first-order chi connectivity index (χ1) is 16.2. The molecule has 0 N–H and O–H groups in total. The monoisotopic (exact) mass is 599 g/mol. The topological polar surface area (TPSA) is 46.6 Å². The molecule has 10 heteroatoms. The smallest absolute Gasteiger partial charge is 0.293 e. The number of hydrogen-bond acceptors (Lipinski definition) is 4. The molecule has 4 nitrogen and oxygen atoms in total. The Kier molecular flexibility index (Phi) is 7.90. The minimum Gasteiger partial charge on any atom is -0.488 e. The first kappa shape index (κ1) is 25.1. The highest BCUT2D eigenvalue weighted by atomic mass is 79.9. The Morgan fingerprint density at radius 1 is 0.971 bits per heavy atom. The Hall–Kier alpha value is -2.03. The Labute approximate surface area is 222 Å². The Balaban J connectivity index is 1.46. The van der Waals surface area contributed by atoms with E-state index in [0.29, 0.717) is 31.4 Å². The minimum absolute atomic E-state index is 0.0369. The average Bonchev–Trinajstić information content (AvgIpc) is 3.03. The lowest BCUT2D eigenvalue weighted by Gasteiger charge is -2.13. The Bertz CT molecular complexity index is 1330. The highest BCUT2D eigenvalue weighted by Crippen LogP contribution is 2.36. The van der Waals surface area contributed by atoms with E-state index in [0.717, 1.165) is 28.3 Å². The van der Waals surface area contributed by atoms with E-state index in [-0.39, 0.29) is 23.1 Å². The number of ether oxygens (including phenoxy) is 1. The second-order valence-corrected chi connectivity index (χ2v) is 10.3. The van der Waals surface area contributed by atoms with Gasteiger partial charge < -0.3 is 4.74 Å². The molecule has 4 rings (SSSR count). The summed E-state index contributed by atoms with van der Waals surface area (Å²) in [6, 6.07) is 14.3. The molecular formula is C24H14BrCl3FNO3S. The highest BCUT2D eigenvalue weighted by Gasteiger charge is 2.35.